The fourth-order valence-electron chi connectivity index (χ4n) is 2.98. The summed E-state index contributed by atoms with van der Waals surface area (Å²) in [7, 11) is 1.80. The number of aromatic nitrogens is 4. The number of nitrogens with zero attached hydrogens (tertiary/aromatic N) is 4. The molecule has 3 rings (SSSR count). The van der Waals surface area contributed by atoms with E-state index in [1.54, 1.807) is 24.1 Å². The standard InChI is InChI=1S/C15H21N5O2/c1-19-10-11(9-16-19)15(22)20-6-3-2-4-14(20)13-8-12(5-7-21)17-18-13/h8-10,14,21H,2-7H2,1H3,(H,17,18). The molecular formula is C15H21N5O2. The summed E-state index contributed by atoms with van der Waals surface area (Å²) in [4.78, 5) is 14.6. The number of likely N-dealkylation sites (tertiary alicyclic amines) is 1. The molecule has 2 N–H and O–H groups in total. The van der Waals surface area contributed by atoms with E-state index in [1.165, 1.54) is 0 Å². The van der Waals surface area contributed by atoms with E-state index in [-0.39, 0.29) is 18.6 Å². The molecule has 1 unspecified atom stereocenters. The van der Waals surface area contributed by atoms with Crippen LogP contribution in [-0.2, 0) is 13.5 Å². The van der Waals surface area contributed by atoms with Crippen molar-refractivity contribution in [3.63, 3.8) is 0 Å². The van der Waals surface area contributed by atoms with Gasteiger partial charge in [-0.3, -0.25) is 14.6 Å². The van der Waals surface area contributed by atoms with E-state index in [4.69, 9.17) is 5.11 Å². The molecular weight excluding hydrogens is 282 g/mol. The summed E-state index contributed by atoms with van der Waals surface area (Å²) in [5.41, 5.74) is 2.39. The van der Waals surface area contributed by atoms with Crippen molar-refractivity contribution in [1.82, 2.24) is 24.9 Å². The number of aromatic amines is 1. The van der Waals surface area contributed by atoms with Crippen LogP contribution in [0.2, 0.25) is 0 Å². The molecule has 1 saturated heterocycles. The zero-order valence-corrected chi connectivity index (χ0v) is 12.7. The number of rotatable bonds is 4. The minimum absolute atomic E-state index is 0.00417. The zero-order chi connectivity index (χ0) is 15.5. The molecule has 3 heterocycles. The zero-order valence-electron chi connectivity index (χ0n) is 12.7. The van der Waals surface area contributed by atoms with Gasteiger partial charge >= 0.3 is 0 Å². The van der Waals surface area contributed by atoms with Gasteiger partial charge in [0.1, 0.15) is 0 Å². The molecule has 22 heavy (non-hydrogen) atoms. The SMILES string of the molecule is Cn1cc(C(=O)N2CCCCC2c2cc(CCO)[nH]n2)cn1. The van der Waals surface area contributed by atoms with Gasteiger partial charge in [-0.25, -0.2) is 0 Å². The highest BCUT2D eigenvalue weighted by atomic mass is 16.3. The van der Waals surface area contributed by atoms with Gasteiger partial charge in [0.05, 0.1) is 23.5 Å². The predicted octanol–water partition coefficient (Wildman–Crippen LogP) is 1.05. The van der Waals surface area contributed by atoms with Crippen molar-refractivity contribution in [1.29, 1.82) is 0 Å². The molecule has 118 valence electrons. The van der Waals surface area contributed by atoms with E-state index in [0.29, 0.717) is 12.0 Å². The quantitative estimate of drug-likeness (QED) is 0.883. The number of aryl methyl sites for hydroxylation is 1. The Hall–Kier alpha value is -2.15. The lowest BCUT2D eigenvalue weighted by Gasteiger charge is -2.34. The van der Waals surface area contributed by atoms with Crippen molar-refractivity contribution in [2.24, 2.45) is 7.05 Å². The molecule has 7 nitrogen and oxygen atoms in total. The van der Waals surface area contributed by atoms with Gasteiger partial charge in [-0.15, -0.1) is 0 Å². The highest BCUT2D eigenvalue weighted by Gasteiger charge is 2.30. The molecule has 0 saturated carbocycles. The van der Waals surface area contributed by atoms with E-state index in [1.807, 2.05) is 11.0 Å². The molecule has 1 amide bonds. The molecule has 1 aliphatic heterocycles. The van der Waals surface area contributed by atoms with Crippen molar-refractivity contribution >= 4 is 5.91 Å². The number of H-pyrrole nitrogens is 1. The van der Waals surface area contributed by atoms with Gasteiger partial charge in [-0.05, 0) is 25.3 Å². The second-order valence-electron chi connectivity index (χ2n) is 5.70. The first-order valence-corrected chi connectivity index (χ1v) is 7.63. The van der Waals surface area contributed by atoms with Crippen LogP contribution in [0, 0.1) is 0 Å². The van der Waals surface area contributed by atoms with Crippen LogP contribution in [0.5, 0.6) is 0 Å². The van der Waals surface area contributed by atoms with Crippen LogP contribution in [0.25, 0.3) is 0 Å². The van der Waals surface area contributed by atoms with Gasteiger partial charge in [0, 0.05) is 38.5 Å². The Morgan fingerprint density at radius 2 is 2.36 bits per heavy atom. The fourth-order valence-corrected chi connectivity index (χ4v) is 2.98. The second-order valence-corrected chi connectivity index (χ2v) is 5.70. The van der Waals surface area contributed by atoms with Crippen LogP contribution in [0.15, 0.2) is 18.5 Å². The molecule has 7 heteroatoms. The molecule has 2 aromatic heterocycles. The number of aliphatic hydroxyl groups is 1. The average molecular weight is 303 g/mol. The van der Waals surface area contributed by atoms with Crippen LogP contribution < -0.4 is 0 Å². The van der Waals surface area contributed by atoms with Gasteiger partial charge in [0.15, 0.2) is 0 Å². The van der Waals surface area contributed by atoms with Crippen molar-refractivity contribution in [2.45, 2.75) is 31.7 Å². The summed E-state index contributed by atoms with van der Waals surface area (Å²) in [5, 5.41) is 20.4. The van der Waals surface area contributed by atoms with Gasteiger partial charge in [0.2, 0.25) is 0 Å². The number of hydrogen-bond donors (Lipinski definition) is 2. The highest BCUT2D eigenvalue weighted by Crippen LogP contribution is 2.31. The molecule has 0 aromatic carbocycles. The average Bonchev–Trinajstić information content (AvgIpc) is 3.16. The van der Waals surface area contributed by atoms with Crippen molar-refractivity contribution in [3.8, 4) is 0 Å². The maximum Gasteiger partial charge on any atom is 0.257 e. The summed E-state index contributed by atoms with van der Waals surface area (Å²) in [5.74, 6) is 0.00417. The van der Waals surface area contributed by atoms with E-state index >= 15 is 0 Å². The lowest BCUT2D eigenvalue weighted by molar-refractivity contribution is 0.0606. The topological polar surface area (TPSA) is 87.0 Å². The van der Waals surface area contributed by atoms with Gasteiger partial charge in [-0.1, -0.05) is 0 Å². The van der Waals surface area contributed by atoms with E-state index < -0.39 is 0 Å². The fraction of sp³-hybridized carbons (Fsp3) is 0.533. The first kappa shape index (κ1) is 14.8. The molecule has 0 bridgehead atoms. The lowest BCUT2D eigenvalue weighted by Crippen LogP contribution is -2.38. The summed E-state index contributed by atoms with van der Waals surface area (Å²) < 4.78 is 1.64. The van der Waals surface area contributed by atoms with Gasteiger partial charge in [0.25, 0.3) is 5.91 Å². The van der Waals surface area contributed by atoms with E-state index in [9.17, 15) is 4.79 Å². The number of hydrogen-bond acceptors (Lipinski definition) is 4. The molecule has 1 aliphatic rings. The van der Waals surface area contributed by atoms with Crippen LogP contribution in [0.1, 0.15) is 47.1 Å². The maximum atomic E-state index is 12.7. The summed E-state index contributed by atoms with van der Waals surface area (Å²) in [6.07, 6.45) is 6.91. The summed E-state index contributed by atoms with van der Waals surface area (Å²) in [6, 6.07) is 1.94. The number of carbonyl (C=O) groups is 1. The number of carbonyl (C=O) groups excluding carboxylic acids is 1. The van der Waals surface area contributed by atoms with Crippen molar-refractivity contribution in [3.05, 3.63) is 35.4 Å². The Kier molecular flexibility index (Phi) is 4.24. The summed E-state index contributed by atoms with van der Waals surface area (Å²) in [6.45, 7) is 0.825. The Balaban J connectivity index is 1.82. The van der Waals surface area contributed by atoms with Crippen LogP contribution in [0.4, 0.5) is 0 Å². The van der Waals surface area contributed by atoms with Crippen LogP contribution in [-0.4, -0.2) is 49.0 Å². The molecule has 0 aliphatic carbocycles. The third-order valence-electron chi connectivity index (χ3n) is 4.09. The number of nitrogens with one attached hydrogen (secondary N) is 1. The Morgan fingerprint density at radius 1 is 1.50 bits per heavy atom. The summed E-state index contributed by atoms with van der Waals surface area (Å²) >= 11 is 0. The largest absolute Gasteiger partial charge is 0.396 e. The Morgan fingerprint density at radius 3 is 3.09 bits per heavy atom. The van der Waals surface area contributed by atoms with Crippen LogP contribution >= 0.6 is 0 Å². The third kappa shape index (κ3) is 2.89. The second kappa shape index (κ2) is 6.31. The first-order valence-electron chi connectivity index (χ1n) is 7.63. The highest BCUT2D eigenvalue weighted by molar-refractivity contribution is 5.94. The number of aliphatic hydroxyl groups excluding tert-OH is 1. The molecule has 1 atom stereocenters. The predicted molar refractivity (Wildman–Crippen MR) is 80.2 cm³/mol. The molecule has 0 radical (unpaired) electrons. The minimum atomic E-state index is -0.00912. The van der Waals surface area contributed by atoms with Crippen molar-refractivity contribution in [2.75, 3.05) is 13.2 Å². The van der Waals surface area contributed by atoms with Gasteiger partial charge < -0.3 is 10.0 Å². The lowest BCUT2D eigenvalue weighted by atomic mass is 9.98. The Labute approximate surface area is 128 Å². The van der Waals surface area contributed by atoms with E-state index in [0.717, 1.165) is 37.2 Å². The third-order valence-corrected chi connectivity index (χ3v) is 4.09. The van der Waals surface area contributed by atoms with Gasteiger partial charge in [-0.2, -0.15) is 10.2 Å². The normalized spacial score (nSPS) is 18.6. The number of amides is 1. The monoisotopic (exact) mass is 303 g/mol. The Bertz CT molecular complexity index is 648. The molecule has 2 aromatic rings. The first-order chi connectivity index (χ1) is 10.7. The maximum absolute atomic E-state index is 12.7. The smallest absolute Gasteiger partial charge is 0.257 e. The minimum Gasteiger partial charge on any atom is -0.396 e. The van der Waals surface area contributed by atoms with Crippen molar-refractivity contribution < 1.29 is 9.90 Å². The molecule has 0 spiro atoms. The van der Waals surface area contributed by atoms with E-state index in [2.05, 4.69) is 15.3 Å². The molecule has 1 fully saturated rings. The van der Waals surface area contributed by atoms with Crippen LogP contribution in [0.3, 0.4) is 0 Å². The number of piperidine rings is 1.